The monoisotopic (exact) mass is 246 g/mol. The average molecular weight is 246 g/mol. The van der Waals surface area contributed by atoms with Gasteiger partial charge >= 0.3 is 0 Å². The molecule has 0 radical (unpaired) electrons. The highest BCUT2D eigenvalue weighted by Gasteiger charge is 2.41. The Kier molecular flexibility index (Phi) is 4.39. The highest BCUT2D eigenvalue weighted by molar-refractivity contribution is 5.14. The third-order valence-corrected chi connectivity index (χ3v) is 4.93. The lowest BCUT2D eigenvalue weighted by Gasteiger charge is -2.40. The van der Waals surface area contributed by atoms with E-state index in [-0.39, 0.29) is 0 Å². The van der Waals surface area contributed by atoms with Gasteiger partial charge in [-0.2, -0.15) is 0 Å². The second-order valence-corrected chi connectivity index (χ2v) is 5.73. The third kappa shape index (κ3) is 2.44. The molecule has 2 rings (SSSR count). The van der Waals surface area contributed by atoms with E-state index >= 15 is 0 Å². The molecule has 0 amide bonds. The predicted octanol–water partition coefficient (Wildman–Crippen LogP) is 3.74. The first-order chi connectivity index (χ1) is 8.73. The van der Waals surface area contributed by atoms with Crippen molar-refractivity contribution in [3.63, 3.8) is 0 Å². The molecule has 1 aliphatic rings. The molecule has 1 aromatic rings. The Morgan fingerprint density at radius 3 is 2.56 bits per heavy atom. The Balaban J connectivity index is 2.22. The van der Waals surface area contributed by atoms with Crippen LogP contribution in [0.5, 0.6) is 0 Å². The lowest BCUT2D eigenvalue weighted by atomic mass is 9.71. The molecule has 1 saturated carbocycles. The lowest BCUT2D eigenvalue weighted by Crippen LogP contribution is -2.45. The van der Waals surface area contributed by atoms with Crippen LogP contribution in [0.3, 0.4) is 0 Å². The van der Waals surface area contributed by atoms with Gasteiger partial charge in [0, 0.05) is 23.9 Å². The minimum Gasteiger partial charge on any atom is -0.316 e. The molecule has 1 N–H and O–H groups in total. The van der Waals surface area contributed by atoms with E-state index in [4.69, 9.17) is 0 Å². The zero-order chi connectivity index (χ0) is 13.0. The molecule has 0 saturated heterocycles. The van der Waals surface area contributed by atoms with Crippen LogP contribution in [-0.2, 0) is 0 Å². The number of rotatable bonds is 5. The standard InChI is InChI=1S/C16H26N2/c1-4-16(10-6-7-11-16)15(17-3)13(2)14-9-5-8-12-18-14/h5,8-9,12-13,15,17H,4,6-7,10-11H2,1-3H3. The van der Waals surface area contributed by atoms with Gasteiger partial charge in [0.1, 0.15) is 0 Å². The molecule has 100 valence electrons. The van der Waals surface area contributed by atoms with Crippen molar-refractivity contribution in [1.29, 1.82) is 0 Å². The molecule has 18 heavy (non-hydrogen) atoms. The van der Waals surface area contributed by atoms with Crippen LogP contribution in [0.1, 0.15) is 57.6 Å². The van der Waals surface area contributed by atoms with Crippen LogP contribution in [0, 0.1) is 5.41 Å². The maximum atomic E-state index is 4.54. The quantitative estimate of drug-likeness (QED) is 0.856. The Morgan fingerprint density at radius 1 is 1.33 bits per heavy atom. The maximum absolute atomic E-state index is 4.54. The molecule has 0 spiro atoms. The minimum absolute atomic E-state index is 0.478. The zero-order valence-corrected chi connectivity index (χ0v) is 11.9. The molecular formula is C16H26N2. The van der Waals surface area contributed by atoms with Crippen LogP contribution in [0.4, 0.5) is 0 Å². The summed E-state index contributed by atoms with van der Waals surface area (Å²) in [4.78, 5) is 4.54. The van der Waals surface area contributed by atoms with Gasteiger partial charge in [-0.25, -0.2) is 0 Å². The second kappa shape index (κ2) is 5.83. The van der Waals surface area contributed by atoms with E-state index in [0.29, 0.717) is 17.4 Å². The minimum atomic E-state index is 0.478. The van der Waals surface area contributed by atoms with Gasteiger partial charge < -0.3 is 5.32 Å². The van der Waals surface area contributed by atoms with E-state index in [1.165, 1.54) is 37.8 Å². The van der Waals surface area contributed by atoms with Gasteiger partial charge in [-0.15, -0.1) is 0 Å². The molecule has 1 aromatic heterocycles. The van der Waals surface area contributed by atoms with E-state index in [1.54, 1.807) is 0 Å². The van der Waals surface area contributed by atoms with Crippen LogP contribution in [-0.4, -0.2) is 18.1 Å². The van der Waals surface area contributed by atoms with Crippen LogP contribution >= 0.6 is 0 Å². The van der Waals surface area contributed by atoms with Crippen molar-refractivity contribution < 1.29 is 0 Å². The number of nitrogens with one attached hydrogen (secondary N) is 1. The van der Waals surface area contributed by atoms with E-state index < -0.39 is 0 Å². The van der Waals surface area contributed by atoms with E-state index in [1.807, 2.05) is 12.3 Å². The third-order valence-electron chi connectivity index (χ3n) is 4.93. The lowest BCUT2D eigenvalue weighted by molar-refractivity contribution is 0.171. The molecule has 1 heterocycles. The fourth-order valence-corrected chi connectivity index (χ4v) is 3.87. The summed E-state index contributed by atoms with van der Waals surface area (Å²) < 4.78 is 0. The predicted molar refractivity (Wildman–Crippen MR) is 76.7 cm³/mol. The number of aromatic nitrogens is 1. The highest BCUT2D eigenvalue weighted by Crippen LogP contribution is 2.47. The first-order valence-corrected chi connectivity index (χ1v) is 7.31. The fraction of sp³-hybridized carbons (Fsp3) is 0.688. The molecule has 0 aromatic carbocycles. The Hall–Kier alpha value is -0.890. The molecule has 0 bridgehead atoms. The summed E-state index contributed by atoms with van der Waals surface area (Å²) >= 11 is 0. The molecule has 1 fully saturated rings. The Labute approximate surface area is 111 Å². The Morgan fingerprint density at radius 2 is 2.06 bits per heavy atom. The van der Waals surface area contributed by atoms with Gasteiger partial charge in [-0.05, 0) is 43.9 Å². The molecule has 1 aliphatic carbocycles. The summed E-state index contributed by atoms with van der Waals surface area (Å²) in [6.45, 7) is 4.67. The SMILES string of the molecule is CCC1(C(NC)C(C)c2ccccn2)CCCC1. The van der Waals surface area contributed by atoms with Crippen molar-refractivity contribution in [3.8, 4) is 0 Å². The van der Waals surface area contributed by atoms with Crippen LogP contribution < -0.4 is 5.32 Å². The summed E-state index contributed by atoms with van der Waals surface area (Å²) in [5, 5.41) is 3.59. The van der Waals surface area contributed by atoms with Gasteiger partial charge in [0.05, 0.1) is 0 Å². The number of hydrogen-bond donors (Lipinski definition) is 1. The summed E-state index contributed by atoms with van der Waals surface area (Å²) in [5.74, 6) is 0.481. The number of likely N-dealkylation sites (N-methyl/N-ethyl adjacent to an activating group) is 1. The summed E-state index contributed by atoms with van der Waals surface area (Å²) in [6, 6.07) is 6.79. The number of nitrogens with zero attached hydrogens (tertiary/aromatic N) is 1. The van der Waals surface area contributed by atoms with Crippen molar-refractivity contribution in [2.45, 2.75) is 57.9 Å². The van der Waals surface area contributed by atoms with Gasteiger partial charge in [0.15, 0.2) is 0 Å². The Bertz CT molecular complexity index is 355. The normalized spacial score (nSPS) is 21.7. The van der Waals surface area contributed by atoms with E-state index in [2.05, 4.69) is 43.3 Å². The first-order valence-electron chi connectivity index (χ1n) is 7.31. The van der Waals surface area contributed by atoms with E-state index in [0.717, 1.165) is 0 Å². The average Bonchev–Trinajstić information content (AvgIpc) is 2.90. The topological polar surface area (TPSA) is 24.9 Å². The molecule has 2 atom stereocenters. The van der Waals surface area contributed by atoms with Crippen molar-refractivity contribution in [1.82, 2.24) is 10.3 Å². The van der Waals surface area contributed by atoms with Crippen molar-refractivity contribution in [2.75, 3.05) is 7.05 Å². The van der Waals surface area contributed by atoms with Crippen molar-refractivity contribution >= 4 is 0 Å². The largest absolute Gasteiger partial charge is 0.316 e. The summed E-state index contributed by atoms with van der Waals surface area (Å²) in [5.41, 5.74) is 1.70. The van der Waals surface area contributed by atoms with Crippen molar-refractivity contribution in [3.05, 3.63) is 30.1 Å². The zero-order valence-electron chi connectivity index (χ0n) is 11.9. The van der Waals surface area contributed by atoms with Gasteiger partial charge in [-0.1, -0.05) is 32.8 Å². The van der Waals surface area contributed by atoms with Gasteiger partial charge in [0.2, 0.25) is 0 Å². The summed E-state index contributed by atoms with van der Waals surface area (Å²) in [6.07, 6.45) is 8.70. The van der Waals surface area contributed by atoms with Gasteiger partial charge in [0.25, 0.3) is 0 Å². The molecule has 0 aliphatic heterocycles. The van der Waals surface area contributed by atoms with Gasteiger partial charge in [-0.3, -0.25) is 4.98 Å². The first kappa shape index (κ1) is 13.5. The maximum Gasteiger partial charge on any atom is 0.0447 e. The van der Waals surface area contributed by atoms with E-state index in [9.17, 15) is 0 Å². The fourth-order valence-electron chi connectivity index (χ4n) is 3.87. The molecule has 2 heteroatoms. The molecular weight excluding hydrogens is 220 g/mol. The van der Waals surface area contributed by atoms with Crippen LogP contribution in [0.25, 0.3) is 0 Å². The van der Waals surface area contributed by atoms with Crippen LogP contribution in [0.15, 0.2) is 24.4 Å². The number of pyridine rings is 1. The second-order valence-electron chi connectivity index (χ2n) is 5.73. The van der Waals surface area contributed by atoms with Crippen LogP contribution in [0.2, 0.25) is 0 Å². The molecule has 2 unspecified atom stereocenters. The number of hydrogen-bond acceptors (Lipinski definition) is 2. The summed E-state index contributed by atoms with van der Waals surface area (Å²) in [7, 11) is 2.11. The highest BCUT2D eigenvalue weighted by atomic mass is 14.9. The smallest absolute Gasteiger partial charge is 0.0447 e. The molecule has 2 nitrogen and oxygen atoms in total. The van der Waals surface area contributed by atoms with Crippen molar-refractivity contribution in [2.24, 2.45) is 5.41 Å².